The molecule has 2 unspecified atom stereocenters. The lowest BCUT2D eigenvalue weighted by Crippen LogP contribution is -2.47. The highest BCUT2D eigenvalue weighted by atomic mass is 16.2. The third-order valence-electron chi connectivity index (χ3n) is 5.72. The molecule has 1 amide bonds. The van der Waals surface area contributed by atoms with Gasteiger partial charge in [-0.25, -0.2) is 0 Å². The molecule has 4 aliphatic rings. The Morgan fingerprint density at radius 2 is 1.79 bits per heavy atom. The van der Waals surface area contributed by atoms with Crippen LogP contribution in [0, 0.1) is 23.2 Å². The second-order valence-electron chi connectivity index (χ2n) is 7.59. The van der Waals surface area contributed by atoms with E-state index in [1.54, 1.807) is 0 Å². The largest absolute Gasteiger partial charge is 0.354 e. The quantitative estimate of drug-likeness (QED) is 0.845. The fourth-order valence-electron chi connectivity index (χ4n) is 5.02. The molecule has 2 atom stereocenters. The van der Waals surface area contributed by atoms with Gasteiger partial charge in [-0.05, 0) is 76.8 Å². The molecule has 0 aromatic rings. The molecule has 4 aliphatic carbocycles. The SMILES string of the molecule is CN(C)CCNC(=O)C12CCC3CC(CC(C3)C1)C2. The zero-order chi connectivity index (χ0) is 13.5. The molecule has 3 nitrogen and oxygen atoms in total. The van der Waals surface area contributed by atoms with Crippen LogP contribution in [0.2, 0.25) is 0 Å². The standard InChI is InChI=1S/C16H28N2O/c1-18(2)6-5-17-15(19)16-4-3-12-7-13(10-16)9-14(8-12)11-16/h12-14H,3-11H2,1-2H3,(H,17,19). The van der Waals surface area contributed by atoms with E-state index in [0.29, 0.717) is 5.91 Å². The number of nitrogens with one attached hydrogen (secondary N) is 1. The average molecular weight is 264 g/mol. The van der Waals surface area contributed by atoms with Gasteiger partial charge in [-0.1, -0.05) is 0 Å². The first-order valence-corrected chi connectivity index (χ1v) is 8.00. The molecule has 4 saturated carbocycles. The summed E-state index contributed by atoms with van der Waals surface area (Å²) in [5, 5.41) is 3.22. The number of hydrogen-bond acceptors (Lipinski definition) is 2. The van der Waals surface area contributed by atoms with Crippen LogP contribution >= 0.6 is 0 Å². The summed E-state index contributed by atoms with van der Waals surface area (Å²) in [7, 11) is 4.11. The second-order valence-corrected chi connectivity index (χ2v) is 7.59. The van der Waals surface area contributed by atoms with Gasteiger partial charge in [-0.15, -0.1) is 0 Å². The van der Waals surface area contributed by atoms with Gasteiger partial charge in [-0.3, -0.25) is 4.79 Å². The van der Waals surface area contributed by atoms with Gasteiger partial charge in [0.25, 0.3) is 0 Å². The minimum Gasteiger partial charge on any atom is -0.354 e. The molecule has 1 N–H and O–H groups in total. The van der Waals surface area contributed by atoms with E-state index >= 15 is 0 Å². The van der Waals surface area contributed by atoms with Crippen molar-refractivity contribution in [3.8, 4) is 0 Å². The van der Waals surface area contributed by atoms with Crippen LogP contribution in [0.5, 0.6) is 0 Å². The van der Waals surface area contributed by atoms with Crippen molar-refractivity contribution >= 4 is 5.91 Å². The highest BCUT2D eigenvalue weighted by Gasteiger charge is 2.51. The first kappa shape index (κ1) is 13.4. The molecule has 3 heteroatoms. The highest BCUT2D eigenvalue weighted by Crippen LogP contribution is 2.57. The predicted molar refractivity (Wildman–Crippen MR) is 76.8 cm³/mol. The maximum atomic E-state index is 12.7. The first-order valence-electron chi connectivity index (χ1n) is 8.00. The Hall–Kier alpha value is -0.570. The van der Waals surface area contributed by atoms with Gasteiger partial charge in [-0.2, -0.15) is 0 Å². The van der Waals surface area contributed by atoms with Crippen LogP contribution in [-0.2, 0) is 4.79 Å². The van der Waals surface area contributed by atoms with E-state index in [-0.39, 0.29) is 5.41 Å². The Labute approximate surface area is 117 Å². The Kier molecular flexibility index (Phi) is 3.59. The van der Waals surface area contributed by atoms with Crippen molar-refractivity contribution in [2.24, 2.45) is 23.2 Å². The lowest BCUT2D eigenvalue weighted by molar-refractivity contribution is -0.135. The van der Waals surface area contributed by atoms with E-state index < -0.39 is 0 Å². The highest BCUT2D eigenvalue weighted by molar-refractivity contribution is 5.82. The zero-order valence-electron chi connectivity index (χ0n) is 12.5. The number of carbonyl (C=O) groups excluding carboxylic acids is 1. The lowest BCUT2D eigenvalue weighted by atomic mass is 9.61. The Balaban J connectivity index is 1.66. The smallest absolute Gasteiger partial charge is 0.226 e. The van der Waals surface area contributed by atoms with Crippen molar-refractivity contribution in [3.63, 3.8) is 0 Å². The van der Waals surface area contributed by atoms with Crippen molar-refractivity contribution in [1.82, 2.24) is 10.2 Å². The van der Waals surface area contributed by atoms with Crippen LogP contribution in [0.1, 0.15) is 44.9 Å². The Bertz CT molecular complexity index is 339. The van der Waals surface area contributed by atoms with Gasteiger partial charge in [0.15, 0.2) is 0 Å². The Morgan fingerprint density at radius 3 is 2.42 bits per heavy atom. The summed E-state index contributed by atoms with van der Waals surface area (Å²) in [4.78, 5) is 14.8. The normalized spacial score (nSPS) is 40.5. The van der Waals surface area contributed by atoms with E-state index in [1.165, 1.54) is 38.5 Å². The molecule has 19 heavy (non-hydrogen) atoms. The van der Waals surface area contributed by atoms with Gasteiger partial charge in [0.1, 0.15) is 0 Å². The third-order valence-corrected chi connectivity index (χ3v) is 5.72. The van der Waals surface area contributed by atoms with E-state index in [9.17, 15) is 4.79 Å². The van der Waals surface area contributed by atoms with Crippen molar-refractivity contribution in [2.45, 2.75) is 44.9 Å². The molecular formula is C16H28N2O. The van der Waals surface area contributed by atoms with Gasteiger partial charge in [0.05, 0.1) is 0 Å². The summed E-state index contributed by atoms with van der Waals surface area (Å²) in [6.45, 7) is 1.74. The minimum atomic E-state index is 0.00511. The van der Waals surface area contributed by atoms with Crippen LogP contribution in [-0.4, -0.2) is 38.0 Å². The van der Waals surface area contributed by atoms with E-state index in [2.05, 4.69) is 24.3 Å². The molecule has 0 aliphatic heterocycles. The Morgan fingerprint density at radius 1 is 1.16 bits per heavy atom. The number of rotatable bonds is 4. The molecule has 4 rings (SSSR count). The third kappa shape index (κ3) is 2.67. The number of nitrogens with zero attached hydrogens (tertiary/aromatic N) is 1. The average Bonchev–Trinajstić information content (AvgIpc) is 2.54. The fourth-order valence-corrected chi connectivity index (χ4v) is 5.02. The lowest BCUT2D eigenvalue weighted by Gasteiger charge is -2.44. The molecular weight excluding hydrogens is 236 g/mol. The van der Waals surface area contributed by atoms with Gasteiger partial charge < -0.3 is 10.2 Å². The van der Waals surface area contributed by atoms with E-state index in [1.807, 2.05) is 0 Å². The zero-order valence-corrected chi connectivity index (χ0v) is 12.5. The first-order chi connectivity index (χ1) is 9.07. The molecule has 0 heterocycles. The monoisotopic (exact) mass is 264 g/mol. The fraction of sp³-hybridized carbons (Fsp3) is 0.938. The molecule has 0 radical (unpaired) electrons. The van der Waals surface area contributed by atoms with Gasteiger partial charge in [0, 0.05) is 18.5 Å². The number of hydrogen-bond donors (Lipinski definition) is 1. The number of amides is 1. The summed E-state index contributed by atoms with van der Waals surface area (Å²) >= 11 is 0. The van der Waals surface area contributed by atoms with Crippen molar-refractivity contribution in [3.05, 3.63) is 0 Å². The van der Waals surface area contributed by atoms with Crippen LogP contribution in [0.15, 0.2) is 0 Å². The summed E-state index contributed by atoms with van der Waals surface area (Å²) in [6, 6.07) is 0. The van der Waals surface area contributed by atoms with Crippen molar-refractivity contribution in [2.75, 3.05) is 27.2 Å². The van der Waals surface area contributed by atoms with Crippen LogP contribution in [0.3, 0.4) is 0 Å². The van der Waals surface area contributed by atoms with Crippen molar-refractivity contribution < 1.29 is 4.79 Å². The molecule has 0 spiro atoms. The van der Waals surface area contributed by atoms with Crippen LogP contribution in [0.4, 0.5) is 0 Å². The number of carbonyl (C=O) groups is 1. The summed E-state index contributed by atoms with van der Waals surface area (Å²) < 4.78 is 0. The summed E-state index contributed by atoms with van der Waals surface area (Å²) in [6.07, 6.45) is 9.02. The number of likely N-dealkylation sites (N-methyl/N-ethyl adjacent to an activating group) is 1. The topological polar surface area (TPSA) is 32.3 Å². The van der Waals surface area contributed by atoms with Crippen LogP contribution < -0.4 is 5.32 Å². The summed E-state index contributed by atoms with van der Waals surface area (Å²) in [5.41, 5.74) is 0.00511. The maximum Gasteiger partial charge on any atom is 0.226 e. The van der Waals surface area contributed by atoms with E-state index in [4.69, 9.17) is 0 Å². The molecule has 4 fully saturated rings. The molecule has 4 bridgehead atoms. The molecule has 0 aromatic carbocycles. The molecule has 0 saturated heterocycles. The van der Waals surface area contributed by atoms with Gasteiger partial charge in [0.2, 0.25) is 5.91 Å². The molecule has 108 valence electrons. The molecule has 0 aromatic heterocycles. The van der Waals surface area contributed by atoms with Crippen molar-refractivity contribution in [1.29, 1.82) is 0 Å². The summed E-state index contributed by atoms with van der Waals surface area (Å²) in [5.74, 6) is 2.99. The second kappa shape index (κ2) is 5.08. The van der Waals surface area contributed by atoms with E-state index in [0.717, 1.165) is 37.3 Å². The minimum absolute atomic E-state index is 0.00511. The van der Waals surface area contributed by atoms with Crippen LogP contribution in [0.25, 0.3) is 0 Å². The van der Waals surface area contributed by atoms with Gasteiger partial charge >= 0.3 is 0 Å². The predicted octanol–water partition coefficient (Wildman–Crippen LogP) is 2.27. The number of fused-ring (bicyclic) bond motifs is 1. The maximum absolute atomic E-state index is 12.7.